The number of ether oxygens (including phenoxy) is 2. The molecule has 0 radical (unpaired) electrons. The molecular weight excluding hydrogens is 375 g/mol. The molecule has 0 spiro atoms. The predicted molar refractivity (Wildman–Crippen MR) is 92.5 cm³/mol. The Hall–Kier alpha value is -1.56. The lowest BCUT2D eigenvalue weighted by Gasteiger charge is -2.14. The largest absolute Gasteiger partial charge is 0.346 e. The van der Waals surface area contributed by atoms with E-state index >= 15 is 0 Å². The molecule has 5 heteroatoms. The van der Waals surface area contributed by atoms with Gasteiger partial charge in [0, 0.05) is 22.0 Å². The minimum absolute atomic E-state index is 0.0178. The van der Waals surface area contributed by atoms with Crippen LogP contribution in [0.4, 0.5) is 4.39 Å². The molecule has 0 unspecified atom stereocenters. The maximum atomic E-state index is 13.0. The number of halogens is 2. The highest BCUT2D eigenvalue weighted by atomic mass is 79.9. The molecule has 2 aromatic carbocycles. The molecule has 1 aliphatic heterocycles. The molecule has 0 N–H and O–H groups in total. The third-order valence-corrected chi connectivity index (χ3v) is 4.85. The zero-order valence-corrected chi connectivity index (χ0v) is 14.9. The van der Waals surface area contributed by atoms with E-state index in [2.05, 4.69) is 15.9 Å². The van der Waals surface area contributed by atoms with Crippen molar-refractivity contribution in [2.45, 2.75) is 25.6 Å². The van der Waals surface area contributed by atoms with Gasteiger partial charge in [-0.25, -0.2) is 4.39 Å². The van der Waals surface area contributed by atoms with Crippen LogP contribution >= 0.6 is 15.9 Å². The van der Waals surface area contributed by atoms with Crippen LogP contribution in [0.15, 0.2) is 46.9 Å². The first-order chi connectivity index (χ1) is 11.5. The fourth-order valence-corrected chi connectivity index (χ4v) is 3.17. The van der Waals surface area contributed by atoms with E-state index in [1.165, 1.54) is 12.1 Å². The summed E-state index contributed by atoms with van der Waals surface area (Å²) in [6.45, 7) is 3.07. The molecular formula is C19H18BrFO3. The van der Waals surface area contributed by atoms with Gasteiger partial charge in [-0.2, -0.15) is 0 Å². The minimum Gasteiger partial charge on any atom is -0.346 e. The van der Waals surface area contributed by atoms with Gasteiger partial charge in [-0.15, -0.1) is 0 Å². The van der Waals surface area contributed by atoms with Crippen LogP contribution in [0, 0.1) is 5.82 Å². The second-order valence-corrected chi connectivity index (χ2v) is 6.74. The first-order valence-corrected chi connectivity index (χ1v) is 8.65. The summed E-state index contributed by atoms with van der Waals surface area (Å²) in [5.74, 6) is -0.214. The second-order valence-electron chi connectivity index (χ2n) is 5.89. The Bertz CT molecular complexity index is 724. The van der Waals surface area contributed by atoms with Crippen molar-refractivity contribution in [1.82, 2.24) is 0 Å². The first-order valence-electron chi connectivity index (χ1n) is 7.86. The van der Waals surface area contributed by atoms with Crippen LogP contribution in [-0.2, 0) is 9.47 Å². The molecule has 126 valence electrons. The second kappa shape index (κ2) is 7.55. The highest BCUT2D eigenvalue weighted by molar-refractivity contribution is 9.10. The van der Waals surface area contributed by atoms with E-state index in [1.54, 1.807) is 18.2 Å². The number of benzene rings is 2. The first kappa shape index (κ1) is 17.3. The molecule has 0 aromatic heterocycles. The van der Waals surface area contributed by atoms with E-state index in [0.29, 0.717) is 25.2 Å². The third kappa shape index (κ3) is 3.91. The van der Waals surface area contributed by atoms with E-state index in [0.717, 1.165) is 15.6 Å². The maximum absolute atomic E-state index is 13.0. The van der Waals surface area contributed by atoms with Gasteiger partial charge in [0.15, 0.2) is 12.1 Å². The fraction of sp³-hybridized carbons (Fsp3) is 0.316. The number of carbonyl (C=O) groups excluding carboxylic acids is 1. The highest BCUT2D eigenvalue weighted by Gasteiger charge is 2.22. The van der Waals surface area contributed by atoms with E-state index in [-0.39, 0.29) is 17.5 Å². The number of rotatable bonds is 5. The van der Waals surface area contributed by atoms with Gasteiger partial charge in [-0.3, -0.25) is 4.79 Å². The molecule has 0 saturated carbocycles. The molecule has 24 heavy (non-hydrogen) atoms. The van der Waals surface area contributed by atoms with Crippen molar-refractivity contribution < 1.29 is 18.7 Å². The topological polar surface area (TPSA) is 35.5 Å². The molecule has 1 atom stereocenters. The Morgan fingerprint density at radius 2 is 1.88 bits per heavy atom. The predicted octanol–water partition coefficient (Wildman–Crippen LogP) is 5.01. The Labute approximate surface area is 148 Å². The summed E-state index contributed by atoms with van der Waals surface area (Å²) in [6, 6.07) is 11.7. The van der Waals surface area contributed by atoms with E-state index in [9.17, 15) is 9.18 Å². The summed E-state index contributed by atoms with van der Waals surface area (Å²) < 4.78 is 24.9. The van der Waals surface area contributed by atoms with Gasteiger partial charge in [0.05, 0.1) is 13.2 Å². The van der Waals surface area contributed by atoms with Crippen molar-refractivity contribution in [2.24, 2.45) is 0 Å². The van der Waals surface area contributed by atoms with Gasteiger partial charge in [0.2, 0.25) is 0 Å². The number of Topliss-reactive ketones (excluding diaryl/α,β-unsaturated/α-hetero) is 1. The van der Waals surface area contributed by atoms with Gasteiger partial charge >= 0.3 is 0 Å². The van der Waals surface area contributed by atoms with Crippen LogP contribution in [0.25, 0.3) is 0 Å². The average molecular weight is 393 g/mol. The van der Waals surface area contributed by atoms with Gasteiger partial charge < -0.3 is 9.47 Å². The van der Waals surface area contributed by atoms with Gasteiger partial charge in [0.25, 0.3) is 0 Å². The van der Waals surface area contributed by atoms with E-state index < -0.39 is 6.29 Å². The number of hydrogen-bond donors (Lipinski definition) is 0. The molecule has 0 bridgehead atoms. The Balaban J connectivity index is 1.74. The molecule has 1 aliphatic rings. The van der Waals surface area contributed by atoms with Crippen LogP contribution < -0.4 is 0 Å². The SMILES string of the molecule is C[C@@H](CC(=O)c1ccc(Br)c(C2OCCO2)c1)c1ccc(F)cc1. The van der Waals surface area contributed by atoms with Crippen molar-refractivity contribution in [3.05, 3.63) is 69.4 Å². The van der Waals surface area contributed by atoms with Crippen molar-refractivity contribution in [3.63, 3.8) is 0 Å². The molecule has 0 amide bonds. The van der Waals surface area contributed by atoms with Crippen LogP contribution in [-0.4, -0.2) is 19.0 Å². The summed E-state index contributed by atoms with van der Waals surface area (Å²) in [6.07, 6.45) is -0.0688. The van der Waals surface area contributed by atoms with Crippen molar-refractivity contribution in [1.29, 1.82) is 0 Å². The standard InChI is InChI=1S/C19H18BrFO3/c1-12(13-2-5-15(21)6-3-13)10-18(22)14-4-7-17(20)16(11-14)19-23-8-9-24-19/h2-7,11-12,19H,8-10H2,1H3/t12-/m0/s1. The third-order valence-electron chi connectivity index (χ3n) is 4.12. The molecule has 1 saturated heterocycles. The summed E-state index contributed by atoms with van der Waals surface area (Å²) in [7, 11) is 0. The normalized spacial score (nSPS) is 16.3. The van der Waals surface area contributed by atoms with Crippen molar-refractivity contribution in [3.8, 4) is 0 Å². The van der Waals surface area contributed by atoms with Crippen molar-refractivity contribution >= 4 is 21.7 Å². The van der Waals surface area contributed by atoms with Crippen LogP contribution in [0.1, 0.15) is 47.0 Å². The van der Waals surface area contributed by atoms with Crippen LogP contribution in [0.3, 0.4) is 0 Å². The summed E-state index contributed by atoms with van der Waals surface area (Å²) in [5, 5.41) is 0. The molecule has 3 nitrogen and oxygen atoms in total. The summed E-state index contributed by atoms with van der Waals surface area (Å²) in [5.41, 5.74) is 2.40. The van der Waals surface area contributed by atoms with Crippen molar-refractivity contribution in [2.75, 3.05) is 13.2 Å². The van der Waals surface area contributed by atoms with E-state index in [1.807, 2.05) is 19.1 Å². The minimum atomic E-state index is -0.429. The zero-order chi connectivity index (χ0) is 17.1. The van der Waals surface area contributed by atoms with Gasteiger partial charge in [-0.05, 0) is 35.7 Å². The van der Waals surface area contributed by atoms with Crippen LogP contribution in [0.2, 0.25) is 0 Å². The fourth-order valence-electron chi connectivity index (χ4n) is 2.74. The summed E-state index contributed by atoms with van der Waals surface area (Å²) >= 11 is 3.48. The molecule has 3 rings (SSSR count). The number of ketones is 1. The highest BCUT2D eigenvalue weighted by Crippen LogP contribution is 2.31. The molecule has 1 fully saturated rings. The molecule has 0 aliphatic carbocycles. The summed E-state index contributed by atoms with van der Waals surface area (Å²) in [4.78, 5) is 12.6. The smallest absolute Gasteiger partial charge is 0.185 e. The van der Waals surface area contributed by atoms with Gasteiger partial charge in [-0.1, -0.05) is 41.1 Å². The molecule has 1 heterocycles. The quantitative estimate of drug-likeness (QED) is 0.670. The monoisotopic (exact) mass is 392 g/mol. The lowest BCUT2D eigenvalue weighted by Crippen LogP contribution is -2.07. The van der Waals surface area contributed by atoms with E-state index in [4.69, 9.17) is 9.47 Å². The number of hydrogen-bond acceptors (Lipinski definition) is 3. The number of carbonyl (C=O) groups is 1. The van der Waals surface area contributed by atoms with Crippen LogP contribution in [0.5, 0.6) is 0 Å². The lowest BCUT2D eigenvalue weighted by molar-refractivity contribution is -0.0446. The Kier molecular flexibility index (Phi) is 5.43. The Morgan fingerprint density at radius 3 is 2.54 bits per heavy atom. The lowest BCUT2D eigenvalue weighted by atomic mass is 9.93. The molecule has 2 aromatic rings. The Morgan fingerprint density at radius 1 is 1.21 bits per heavy atom. The zero-order valence-electron chi connectivity index (χ0n) is 13.3. The average Bonchev–Trinajstić information content (AvgIpc) is 3.10. The van der Waals surface area contributed by atoms with Gasteiger partial charge in [0.1, 0.15) is 5.82 Å². The maximum Gasteiger partial charge on any atom is 0.185 e.